The number of carbonyl (C=O) groups excluding carboxylic acids is 1. The third kappa shape index (κ3) is 5.17. The molecule has 0 spiro atoms. The Labute approximate surface area is 153 Å². The summed E-state index contributed by atoms with van der Waals surface area (Å²) in [7, 11) is 1.38. The van der Waals surface area contributed by atoms with Crippen molar-refractivity contribution in [3.8, 4) is 0 Å². The fourth-order valence-electron chi connectivity index (χ4n) is 2.82. The average Bonchev–Trinajstić information content (AvgIpc) is 2.65. The van der Waals surface area contributed by atoms with Gasteiger partial charge in [0.25, 0.3) is 0 Å². The van der Waals surface area contributed by atoms with Crippen LogP contribution in [-0.2, 0) is 16.0 Å². The van der Waals surface area contributed by atoms with Crippen LogP contribution in [0.15, 0.2) is 48.5 Å². The molecule has 26 heavy (non-hydrogen) atoms. The molecule has 2 rings (SSSR count). The van der Waals surface area contributed by atoms with Gasteiger partial charge in [-0.05, 0) is 36.0 Å². The normalized spacial score (nSPS) is 11.6. The molecule has 0 aliphatic heterocycles. The van der Waals surface area contributed by atoms with Crippen LogP contribution in [0.1, 0.15) is 41.0 Å². The monoisotopic (exact) mass is 352 g/mol. The number of aryl methyl sites for hydroxylation is 1. The van der Waals surface area contributed by atoms with E-state index in [0.717, 1.165) is 24.0 Å². The first kappa shape index (κ1) is 19.2. The number of benzene rings is 2. The second kappa shape index (κ2) is 8.80. The Morgan fingerprint density at radius 1 is 1.04 bits per heavy atom. The van der Waals surface area contributed by atoms with Crippen LogP contribution in [0.5, 0.6) is 0 Å². The number of rotatable bonds is 8. The standard InChI is InChI=1S/C20H24N4O2/c1-26-18(25)12-16(15-3-2-4-17(11-15)20(23)24)10-7-13-5-8-14(9-6-13)19(21)22/h2-6,8-9,11,16H,7,10,12H2,1H3,(H3,21,22)(H3,23,24)/t16-/m1/s1. The Hall–Kier alpha value is -3.15. The molecule has 0 aliphatic carbocycles. The van der Waals surface area contributed by atoms with E-state index < -0.39 is 0 Å². The zero-order valence-electron chi connectivity index (χ0n) is 14.8. The first-order valence-corrected chi connectivity index (χ1v) is 8.35. The van der Waals surface area contributed by atoms with Gasteiger partial charge in [-0.15, -0.1) is 0 Å². The smallest absolute Gasteiger partial charge is 0.306 e. The highest BCUT2D eigenvalue weighted by atomic mass is 16.5. The Kier molecular flexibility index (Phi) is 6.49. The van der Waals surface area contributed by atoms with E-state index >= 15 is 0 Å². The molecule has 0 saturated heterocycles. The largest absolute Gasteiger partial charge is 0.469 e. The Morgan fingerprint density at radius 3 is 2.27 bits per heavy atom. The Bertz CT molecular complexity index is 800. The van der Waals surface area contributed by atoms with Crippen LogP contribution in [0.3, 0.4) is 0 Å². The minimum absolute atomic E-state index is 0.00323. The fourth-order valence-corrected chi connectivity index (χ4v) is 2.82. The van der Waals surface area contributed by atoms with E-state index in [1.807, 2.05) is 42.5 Å². The van der Waals surface area contributed by atoms with E-state index in [2.05, 4.69) is 0 Å². The topological polar surface area (TPSA) is 126 Å². The summed E-state index contributed by atoms with van der Waals surface area (Å²) in [6.45, 7) is 0. The maximum atomic E-state index is 11.8. The van der Waals surface area contributed by atoms with Gasteiger partial charge in [0.1, 0.15) is 11.7 Å². The van der Waals surface area contributed by atoms with Crippen LogP contribution >= 0.6 is 0 Å². The van der Waals surface area contributed by atoms with Crippen LogP contribution in [0.4, 0.5) is 0 Å². The third-order valence-corrected chi connectivity index (χ3v) is 4.36. The van der Waals surface area contributed by atoms with Gasteiger partial charge in [0.15, 0.2) is 0 Å². The molecule has 2 aromatic carbocycles. The Balaban J connectivity index is 2.16. The lowest BCUT2D eigenvalue weighted by Gasteiger charge is -2.17. The number of ether oxygens (including phenoxy) is 1. The van der Waals surface area contributed by atoms with Gasteiger partial charge in [-0.3, -0.25) is 15.6 Å². The molecule has 0 bridgehead atoms. The molecule has 0 radical (unpaired) electrons. The van der Waals surface area contributed by atoms with Crippen molar-refractivity contribution in [2.45, 2.75) is 25.2 Å². The number of carbonyl (C=O) groups is 1. The van der Waals surface area contributed by atoms with Crippen molar-refractivity contribution in [2.24, 2.45) is 11.5 Å². The van der Waals surface area contributed by atoms with Gasteiger partial charge in [-0.2, -0.15) is 0 Å². The van der Waals surface area contributed by atoms with Crippen molar-refractivity contribution < 1.29 is 9.53 Å². The van der Waals surface area contributed by atoms with Gasteiger partial charge < -0.3 is 16.2 Å². The number of nitrogens with one attached hydrogen (secondary N) is 2. The molecule has 136 valence electrons. The highest BCUT2D eigenvalue weighted by molar-refractivity contribution is 5.95. The van der Waals surface area contributed by atoms with Crippen LogP contribution in [-0.4, -0.2) is 24.8 Å². The summed E-state index contributed by atoms with van der Waals surface area (Å²) in [6, 6.07) is 15.0. The summed E-state index contributed by atoms with van der Waals surface area (Å²) in [5.74, 6) is -0.256. The number of methoxy groups -OCH3 is 1. The van der Waals surface area contributed by atoms with Crippen molar-refractivity contribution in [3.63, 3.8) is 0 Å². The van der Waals surface area contributed by atoms with Crippen LogP contribution in [0, 0.1) is 10.8 Å². The lowest BCUT2D eigenvalue weighted by molar-refractivity contribution is -0.141. The Morgan fingerprint density at radius 2 is 1.69 bits per heavy atom. The number of amidine groups is 2. The molecule has 1 atom stereocenters. The molecule has 6 N–H and O–H groups in total. The molecule has 6 heteroatoms. The molecule has 0 aromatic heterocycles. The van der Waals surface area contributed by atoms with Crippen molar-refractivity contribution >= 4 is 17.6 Å². The molecule has 0 amide bonds. The molecule has 0 saturated carbocycles. The molecule has 2 aromatic rings. The highest BCUT2D eigenvalue weighted by Crippen LogP contribution is 2.27. The van der Waals surface area contributed by atoms with Crippen LogP contribution < -0.4 is 11.5 Å². The van der Waals surface area contributed by atoms with Crippen molar-refractivity contribution in [1.29, 1.82) is 10.8 Å². The SMILES string of the molecule is COC(=O)C[C@@H](CCc1ccc(C(=N)N)cc1)c1cccc(C(=N)N)c1. The van der Waals surface area contributed by atoms with Crippen LogP contribution in [0.2, 0.25) is 0 Å². The minimum atomic E-state index is -0.268. The maximum Gasteiger partial charge on any atom is 0.306 e. The van der Waals surface area contributed by atoms with E-state index in [4.69, 9.17) is 27.0 Å². The summed E-state index contributed by atoms with van der Waals surface area (Å²) in [5.41, 5.74) is 14.4. The predicted molar refractivity (Wildman–Crippen MR) is 103 cm³/mol. The average molecular weight is 352 g/mol. The summed E-state index contributed by atoms with van der Waals surface area (Å²) in [4.78, 5) is 11.8. The summed E-state index contributed by atoms with van der Waals surface area (Å²) < 4.78 is 4.83. The lowest BCUT2D eigenvalue weighted by Crippen LogP contribution is -2.14. The molecule has 0 fully saturated rings. The summed E-state index contributed by atoms with van der Waals surface area (Å²) in [6.07, 6.45) is 1.78. The van der Waals surface area contributed by atoms with E-state index in [9.17, 15) is 4.79 Å². The number of nitrogen functional groups attached to an aromatic ring is 2. The van der Waals surface area contributed by atoms with Crippen LogP contribution in [0.25, 0.3) is 0 Å². The molecular formula is C20H24N4O2. The summed E-state index contributed by atoms with van der Waals surface area (Å²) in [5, 5.41) is 15.0. The van der Waals surface area contributed by atoms with E-state index in [1.54, 1.807) is 6.07 Å². The quantitative estimate of drug-likeness (QED) is 0.331. The first-order valence-electron chi connectivity index (χ1n) is 8.35. The molecule has 0 heterocycles. The number of nitrogens with two attached hydrogens (primary N) is 2. The zero-order chi connectivity index (χ0) is 19.1. The van der Waals surface area contributed by atoms with Crippen molar-refractivity contribution in [2.75, 3.05) is 7.11 Å². The second-order valence-electron chi connectivity index (χ2n) is 6.17. The molecule has 0 aliphatic rings. The zero-order valence-corrected chi connectivity index (χ0v) is 14.8. The van der Waals surface area contributed by atoms with E-state index in [0.29, 0.717) is 11.1 Å². The van der Waals surface area contributed by atoms with Gasteiger partial charge >= 0.3 is 5.97 Å². The third-order valence-electron chi connectivity index (χ3n) is 4.36. The van der Waals surface area contributed by atoms with Gasteiger partial charge in [-0.25, -0.2) is 0 Å². The van der Waals surface area contributed by atoms with E-state index in [1.165, 1.54) is 7.11 Å². The second-order valence-corrected chi connectivity index (χ2v) is 6.17. The fraction of sp³-hybridized carbons (Fsp3) is 0.250. The highest BCUT2D eigenvalue weighted by Gasteiger charge is 2.17. The maximum absolute atomic E-state index is 11.8. The van der Waals surface area contributed by atoms with Crippen molar-refractivity contribution in [1.82, 2.24) is 0 Å². The number of hydrogen-bond donors (Lipinski definition) is 4. The van der Waals surface area contributed by atoms with Gasteiger partial charge in [0.2, 0.25) is 0 Å². The number of esters is 1. The molecule has 0 unspecified atom stereocenters. The van der Waals surface area contributed by atoms with E-state index in [-0.39, 0.29) is 30.0 Å². The molecule has 6 nitrogen and oxygen atoms in total. The summed E-state index contributed by atoms with van der Waals surface area (Å²) >= 11 is 0. The first-order chi connectivity index (χ1) is 12.4. The van der Waals surface area contributed by atoms with Gasteiger partial charge in [-0.1, -0.05) is 42.5 Å². The molecular weight excluding hydrogens is 328 g/mol. The lowest BCUT2D eigenvalue weighted by atomic mass is 9.88. The minimum Gasteiger partial charge on any atom is -0.469 e. The van der Waals surface area contributed by atoms with Crippen molar-refractivity contribution in [3.05, 3.63) is 70.8 Å². The van der Waals surface area contributed by atoms with Gasteiger partial charge in [0, 0.05) is 11.1 Å². The predicted octanol–water partition coefficient (Wildman–Crippen LogP) is 2.53. The number of hydrogen-bond acceptors (Lipinski definition) is 4. The van der Waals surface area contributed by atoms with Gasteiger partial charge in [0.05, 0.1) is 13.5 Å².